The van der Waals surface area contributed by atoms with E-state index in [4.69, 9.17) is 28.3 Å². The Bertz CT molecular complexity index is 372. The summed E-state index contributed by atoms with van der Waals surface area (Å²) < 4.78 is 0. The smallest absolute Gasteiger partial charge is 0.238 e. The molecule has 3 N–H and O–H groups in total. The number of hydrogen-bond donors (Lipinski definition) is 3. The van der Waals surface area contributed by atoms with E-state index >= 15 is 0 Å². The fourth-order valence-electron chi connectivity index (χ4n) is 1.06. The maximum atomic E-state index is 11.4. The third kappa shape index (κ3) is 4.37. The van der Waals surface area contributed by atoms with Crippen LogP contribution in [0.25, 0.3) is 0 Å². The summed E-state index contributed by atoms with van der Waals surface area (Å²) in [6.07, 6.45) is 0. The minimum atomic E-state index is -0.202. The predicted octanol–water partition coefficient (Wildman–Crippen LogP) is 1.51. The molecule has 0 radical (unpaired) electrons. The van der Waals surface area contributed by atoms with Crippen LogP contribution < -0.4 is 10.6 Å². The van der Waals surface area contributed by atoms with E-state index in [1.807, 2.05) is 0 Å². The number of benzene rings is 1. The zero-order chi connectivity index (χ0) is 12.0. The number of halogens is 2. The Morgan fingerprint density at radius 2 is 2.06 bits per heavy atom. The molecule has 0 saturated heterocycles. The van der Waals surface area contributed by atoms with Gasteiger partial charge in [-0.15, -0.1) is 0 Å². The Kier molecular flexibility index (Phi) is 5.55. The van der Waals surface area contributed by atoms with Gasteiger partial charge in [-0.1, -0.05) is 23.2 Å². The lowest BCUT2D eigenvalue weighted by molar-refractivity contribution is -0.115. The quantitative estimate of drug-likeness (QED) is 0.706. The minimum absolute atomic E-state index is 0.0000526. The molecule has 0 bridgehead atoms. The van der Waals surface area contributed by atoms with Crippen LogP contribution in [-0.4, -0.2) is 30.7 Å². The maximum Gasteiger partial charge on any atom is 0.238 e. The lowest BCUT2D eigenvalue weighted by Crippen LogP contribution is -2.29. The van der Waals surface area contributed by atoms with Gasteiger partial charge in [-0.2, -0.15) is 0 Å². The van der Waals surface area contributed by atoms with Crippen LogP contribution in [-0.2, 0) is 4.79 Å². The molecule has 0 spiro atoms. The van der Waals surface area contributed by atoms with Gasteiger partial charge in [0, 0.05) is 12.2 Å². The van der Waals surface area contributed by atoms with E-state index in [9.17, 15) is 4.79 Å². The summed E-state index contributed by atoms with van der Waals surface area (Å²) in [6.45, 7) is 0.523. The molecule has 0 aromatic heterocycles. The second-order valence-corrected chi connectivity index (χ2v) is 3.89. The van der Waals surface area contributed by atoms with Crippen molar-refractivity contribution in [1.29, 1.82) is 0 Å². The van der Waals surface area contributed by atoms with Gasteiger partial charge in [-0.05, 0) is 18.2 Å². The number of aliphatic hydroxyl groups excluding tert-OH is 1. The minimum Gasteiger partial charge on any atom is -0.395 e. The SMILES string of the molecule is O=C(CNCCO)Nc1ccc(Cl)c(Cl)c1. The molecule has 0 aliphatic heterocycles. The number of nitrogens with one attached hydrogen (secondary N) is 2. The van der Waals surface area contributed by atoms with Gasteiger partial charge in [-0.3, -0.25) is 4.79 Å². The molecule has 6 heteroatoms. The van der Waals surface area contributed by atoms with Gasteiger partial charge in [0.1, 0.15) is 0 Å². The van der Waals surface area contributed by atoms with Crippen LogP contribution in [0.3, 0.4) is 0 Å². The molecule has 4 nitrogen and oxygen atoms in total. The average molecular weight is 263 g/mol. The van der Waals surface area contributed by atoms with Gasteiger partial charge in [0.05, 0.1) is 23.2 Å². The molecule has 16 heavy (non-hydrogen) atoms. The summed E-state index contributed by atoms with van der Waals surface area (Å²) in [6, 6.07) is 4.85. The van der Waals surface area contributed by atoms with Crippen molar-refractivity contribution in [3.05, 3.63) is 28.2 Å². The fourth-order valence-corrected chi connectivity index (χ4v) is 1.36. The molecule has 0 saturated carbocycles. The largest absolute Gasteiger partial charge is 0.395 e. The van der Waals surface area contributed by atoms with E-state index in [1.54, 1.807) is 18.2 Å². The molecular weight excluding hydrogens is 251 g/mol. The van der Waals surface area contributed by atoms with Crippen molar-refractivity contribution >= 4 is 34.8 Å². The fraction of sp³-hybridized carbons (Fsp3) is 0.300. The van der Waals surface area contributed by atoms with Crippen LogP contribution in [0, 0.1) is 0 Å². The second kappa shape index (κ2) is 6.70. The zero-order valence-electron chi connectivity index (χ0n) is 8.46. The van der Waals surface area contributed by atoms with Crippen LogP contribution in [0.4, 0.5) is 5.69 Å². The topological polar surface area (TPSA) is 61.4 Å². The zero-order valence-corrected chi connectivity index (χ0v) is 9.98. The van der Waals surface area contributed by atoms with Crippen LogP contribution in [0.15, 0.2) is 18.2 Å². The van der Waals surface area contributed by atoms with Crippen molar-refractivity contribution in [3.8, 4) is 0 Å². The number of hydrogen-bond acceptors (Lipinski definition) is 3. The number of amides is 1. The third-order valence-electron chi connectivity index (χ3n) is 1.78. The molecule has 0 atom stereocenters. The summed E-state index contributed by atoms with van der Waals surface area (Å²) in [5, 5.41) is 14.7. The average Bonchev–Trinajstić information content (AvgIpc) is 2.24. The molecular formula is C10H12Cl2N2O2. The highest BCUT2D eigenvalue weighted by atomic mass is 35.5. The molecule has 0 aliphatic rings. The van der Waals surface area contributed by atoms with Crippen molar-refractivity contribution < 1.29 is 9.90 Å². The van der Waals surface area contributed by atoms with E-state index in [0.717, 1.165) is 0 Å². The lowest BCUT2D eigenvalue weighted by atomic mass is 10.3. The van der Waals surface area contributed by atoms with Crippen LogP contribution >= 0.6 is 23.2 Å². The first-order valence-electron chi connectivity index (χ1n) is 4.70. The highest BCUT2D eigenvalue weighted by Gasteiger charge is 2.03. The first-order chi connectivity index (χ1) is 7.63. The van der Waals surface area contributed by atoms with E-state index in [-0.39, 0.29) is 19.1 Å². The normalized spacial score (nSPS) is 10.2. The van der Waals surface area contributed by atoms with Crippen molar-refractivity contribution in [3.63, 3.8) is 0 Å². The molecule has 0 heterocycles. The van der Waals surface area contributed by atoms with E-state index in [1.165, 1.54) is 0 Å². The summed E-state index contributed by atoms with van der Waals surface area (Å²) in [4.78, 5) is 11.4. The van der Waals surface area contributed by atoms with E-state index < -0.39 is 0 Å². The molecule has 1 aromatic carbocycles. The van der Waals surface area contributed by atoms with Crippen molar-refractivity contribution in [2.24, 2.45) is 0 Å². The second-order valence-electron chi connectivity index (χ2n) is 3.08. The van der Waals surface area contributed by atoms with Crippen molar-refractivity contribution in [2.75, 3.05) is 25.0 Å². The summed E-state index contributed by atoms with van der Waals surface area (Å²) in [5.74, 6) is -0.202. The number of carbonyl (C=O) groups excluding carboxylic acids is 1. The molecule has 1 amide bonds. The Labute approximate surface area is 104 Å². The molecule has 1 rings (SSSR count). The van der Waals surface area contributed by atoms with E-state index in [0.29, 0.717) is 22.3 Å². The van der Waals surface area contributed by atoms with E-state index in [2.05, 4.69) is 10.6 Å². The monoisotopic (exact) mass is 262 g/mol. The van der Waals surface area contributed by atoms with Gasteiger partial charge in [0.25, 0.3) is 0 Å². The molecule has 1 aromatic rings. The van der Waals surface area contributed by atoms with Crippen molar-refractivity contribution in [1.82, 2.24) is 5.32 Å². The Morgan fingerprint density at radius 1 is 1.31 bits per heavy atom. The standard InChI is InChI=1S/C10H12Cl2N2O2/c11-8-2-1-7(5-9(8)12)14-10(16)6-13-3-4-15/h1-2,5,13,15H,3-4,6H2,(H,14,16). The molecule has 0 aliphatic carbocycles. The van der Waals surface area contributed by atoms with Crippen LogP contribution in [0.2, 0.25) is 10.0 Å². The highest BCUT2D eigenvalue weighted by molar-refractivity contribution is 6.42. The highest BCUT2D eigenvalue weighted by Crippen LogP contribution is 2.24. The number of anilines is 1. The Balaban J connectivity index is 2.46. The maximum absolute atomic E-state index is 11.4. The molecule has 0 unspecified atom stereocenters. The van der Waals surface area contributed by atoms with Crippen LogP contribution in [0.1, 0.15) is 0 Å². The first kappa shape index (κ1) is 13.3. The van der Waals surface area contributed by atoms with Crippen molar-refractivity contribution in [2.45, 2.75) is 0 Å². The Morgan fingerprint density at radius 3 is 2.69 bits per heavy atom. The third-order valence-corrected chi connectivity index (χ3v) is 2.52. The predicted molar refractivity (Wildman–Crippen MR) is 65.0 cm³/mol. The Hall–Kier alpha value is -0.810. The van der Waals surface area contributed by atoms with Gasteiger partial charge in [-0.25, -0.2) is 0 Å². The lowest BCUT2D eigenvalue weighted by Gasteiger charge is -2.06. The van der Waals surface area contributed by atoms with Gasteiger partial charge in [0.15, 0.2) is 0 Å². The first-order valence-corrected chi connectivity index (χ1v) is 5.45. The van der Waals surface area contributed by atoms with Gasteiger partial charge >= 0.3 is 0 Å². The summed E-state index contributed by atoms with van der Waals surface area (Å²) in [7, 11) is 0. The number of rotatable bonds is 5. The van der Waals surface area contributed by atoms with Crippen LogP contribution in [0.5, 0.6) is 0 Å². The van der Waals surface area contributed by atoms with Gasteiger partial charge in [0.2, 0.25) is 5.91 Å². The van der Waals surface area contributed by atoms with Gasteiger partial charge < -0.3 is 15.7 Å². The molecule has 0 fully saturated rings. The summed E-state index contributed by atoms with van der Waals surface area (Å²) >= 11 is 11.5. The number of aliphatic hydroxyl groups is 1. The number of carbonyl (C=O) groups is 1. The molecule has 88 valence electrons. The summed E-state index contributed by atoms with van der Waals surface area (Å²) in [5.41, 5.74) is 0.588.